The molecule has 2 saturated carbocycles. The molecule has 2 fully saturated rings. The van der Waals surface area contributed by atoms with Crippen LogP contribution in [0.1, 0.15) is 12.5 Å². The second kappa shape index (κ2) is 7.23. The first-order valence-corrected chi connectivity index (χ1v) is 10.7. The molecule has 0 saturated heterocycles. The summed E-state index contributed by atoms with van der Waals surface area (Å²) in [6.07, 6.45) is 6.02. The molecule has 0 spiro atoms. The second-order valence-electron chi connectivity index (χ2n) is 8.44. The monoisotopic (exact) mass is 463 g/mol. The van der Waals surface area contributed by atoms with Crippen molar-refractivity contribution in [2.75, 3.05) is 19.4 Å². The average molecular weight is 463 g/mol. The molecule has 0 radical (unpaired) electrons. The number of fused-ring (bicyclic) bond motifs is 2. The first-order chi connectivity index (χ1) is 16.5. The summed E-state index contributed by atoms with van der Waals surface area (Å²) in [4.78, 5) is 34.4. The number of nitrogens with one attached hydrogen (secondary N) is 2. The van der Waals surface area contributed by atoms with E-state index in [-0.39, 0.29) is 17.8 Å². The van der Waals surface area contributed by atoms with Gasteiger partial charge in [-0.2, -0.15) is 14.6 Å². The summed E-state index contributed by atoms with van der Waals surface area (Å²) >= 11 is 0. The number of rotatable bonds is 5. The number of aliphatic hydroxyl groups is 2. The lowest BCUT2D eigenvalue weighted by atomic mass is 9.98. The Morgan fingerprint density at radius 2 is 2.03 bits per heavy atom. The van der Waals surface area contributed by atoms with E-state index >= 15 is 0 Å². The Balaban J connectivity index is 1.44. The van der Waals surface area contributed by atoms with Crippen LogP contribution in [0.3, 0.4) is 0 Å². The third kappa shape index (κ3) is 2.69. The maximum absolute atomic E-state index is 12.5. The predicted octanol–water partition coefficient (Wildman–Crippen LogP) is -1.07. The van der Waals surface area contributed by atoms with Gasteiger partial charge in [0.1, 0.15) is 17.5 Å². The summed E-state index contributed by atoms with van der Waals surface area (Å²) in [6, 6.07) is -0.573. The molecule has 2 aliphatic carbocycles. The van der Waals surface area contributed by atoms with Gasteiger partial charge < -0.3 is 25.4 Å². The van der Waals surface area contributed by atoms with Crippen molar-refractivity contribution >= 4 is 22.9 Å². The summed E-state index contributed by atoms with van der Waals surface area (Å²) in [6.45, 7) is 0. The highest BCUT2D eigenvalue weighted by Gasteiger charge is 2.75. The topological polar surface area (TPSA) is 182 Å². The normalized spacial score (nSPS) is 27.5. The van der Waals surface area contributed by atoms with Crippen molar-refractivity contribution in [2.24, 2.45) is 11.3 Å². The van der Waals surface area contributed by atoms with Crippen LogP contribution in [0.5, 0.6) is 0 Å². The van der Waals surface area contributed by atoms with E-state index in [0.29, 0.717) is 34.8 Å². The number of nitrogens with zero attached hydrogens (tertiary/aromatic N) is 9. The molecule has 0 unspecified atom stereocenters. The Morgan fingerprint density at radius 1 is 1.18 bits per heavy atom. The molecule has 4 N–H and O–H groups in total. The summed E-state index contributed by atoms with van der Waals surface area (Å²) in [7, 11) is 3.24. The first-order valence-electron chi connectivity index (χ1n) is 10.7. The van der Waals surface area contributed by atoms with Crippen LogP contribution in [0.2, 0.25) is 0 Å². The molecule has 14 nitrogen and oxygen atoms in total. The molecule has 34 heavy (non-hydrogen) atoms. The SMILES string of the molecule is CNC(=O)[C@@]12C[C@@H]1[C@@H](n1cnc3c(NC)nc(-n4cc(-c5cnccn5)nn4)nc31)[C@H](O)[C@@H]2O. The third-order valence-corrected chi connectivity index (χ3v) is 6.81. The van der Waals surface area contributed by atoms with E-state index in [1.165, 1.54) is 11.7 Å². The van der Waals surface area contributed by atoms with Gasteiger partial charge >= 0.3 is 0 Å². The van der Waals surface area contributed by atoms with Gasteiger partial charge in [0.25, 0.3) is 5.95 Å². The summed E-state index contributed by atoms with van der Waals surface area (Å²) in [5, 5.41) is 35.5. The minimum Gasteiger partial charge on any atom is -0.389 e. The minimum atomic E-state index is -1.19. The van der Waals surface area contributed by atoms with Gasteiger partial charge in [-0.25, -0.2) is 4.98 Å². The molecule has 5 atom stereocenters. The van der Waals surface area contributed by atoms with E-state index in [0.717, 1.165) is 0 Å². The van der Waals surface area contributed by atoms with Crippen LogP contribution in [0.4, 0.5) is 5.82 Å². The van der Waals surface area contributed by atoms with Crippen molar-refractivity contribution < 1.29 is 15.0 Å². The van der Waals surface area contributed by atoms with Crippen LogP contribution in [0.25, 0.3) is 28.5 Å². The summed E-state index contributed by atoms with van der Waals surface area (Å²) in [5.41, 5.74) is 0.964. The quantitative estimate of drug-likeness (QED) is 0.283. The van der Waals surface area contributed by atoms with Crippen molar-refractivity contribution in [3.63, 3.8) is 0 Å². The number of amides is 1. The molecule has 4 heterocycles. The highest BCUT2D eigenvalue weighted by molar-refractivity contribution is 5.88. The lowest BCUT2D eigenvalue weighted by molar-refractivity contribution is -0.132. The molecule has 1 amide bonds. The van der Waals surface area contributed by atoms with Gasteiger partial charge in [0.05, 0.1) is 36.3 Å². The number of imidazole rings is 1. The lowest BCUT2D eigenvalue weighted by Gasteiger charge is -2.23. The summed E-state index contributed by atoms with van der Waals surface area (Å²) < 4.78 is 3.12. The lowest BCUT2D eigenvalue weighted by Crippen LogP contribution is -2.41. The van der Waals surface area contributed by atoms with Crippen molar-refractivity contribution in [2.45, 2.75) is 24.7 Å². The number of hydrogen-bond acceptors (Lipinski definition) is 11. The van der Waals surface area contributed by atoms with Crippen LogP contribution in [0.15, 0.2) is 31.1 Å². The number of aromatic nitrogens is 9. The molecular weight excluding hydrogens is 442 g/mol. The zero-order valence-electron chi connectivity index (χ0n) is 18.2. The Morgan fingerprint density at radius 3 is 2.76 bits per heavy atom. The molecule has 4 aromatic rings. The van der Waals surface area contributed by atoms with E-state index in [9.17, 15) is 15.0 Å². The van der Waals surface area contributed by atoms with Gasteiger partial charge in [-0.1, -0.05) is 5.21 Å². The standard InChI is InChI=1S/C20H21N11O3/c1-21-16-12-17(27-19(26-16)31-7-11(28-29-31)10-6-23-3-4-24-10)30(8-25-12)13-9-5-20(9,18(34)22-2)15(33)14(13)32/h3-4,6-9,13-15,32-33H,5H2,1-2H3,(H,22,34)(H,21,26,27)/t9-,13-,14+,15+,20+/m1/s1. The Labute approximate surface area is 192 Å². The van der Waals surface area contributed by atoms with Crippen LogP contribution >= 0.6 is 0 Å². The predicted molar refractivity (Wildman–Crippen MR) is 116 cm³/mol. The van der Waals surface area contributed by atoms with Gasteiger partial charge in [-0.15, -0.1) is 5.10 Å². The second-order valence-corrected chi connectivity index (χ2v) is 8.44. The van der Waals surface area contributed by atoms with E-state index in [1.807, 2.05) is 0 Å². The number of anilines is 1. The fraction of sp³-hybridized carbons (Fsp3) is 0.400. The largest absolute Gasteiger partial charge is 0.389 e. The van der Waals surface area contributed by atoms with Gasteiger partial charge in [0.2, 0.25) is 5.91 Å². The van der Waals surface area contributed by atoms with Gasteiger partial charge in [-0.3, -0.25) is 14.8 Å². The minimum absolute atomic E-state index is 0.225. The molecule has 0 bridgehead atoms. The van der Waals surface area contributed by atoms with Crippen LogP contribution in [-0.4, -0.2) is 86.9 Å². The first kappa shape index (κ1) is 20.6. The van der Waals surface area contributed by atoms with Gasteiger partial charge in [-0.05, 0) is 6.42 Å². The maximum Gasteiger partial charge on any atom is 0.256 e. The smallest absolute Gasteiger partial charge is 0.256 e. The number of carbonyl (C=O) groups excluding carboxylic acids is 1. The Hall–Kier alpha value is -4.04. The van der Waals surface area contributed by atoms with E-state index in [2.05, 4.69) is 45.9 Å². The van der Waals surface area contributed by atoms with E-state index < -0.39 is 23.7 Å². The fourth-order valence-electron chi connectivity index (χ4n) is 5.10. The van der Waals surface area contributed by atoms with Crippen LogP contribution in [-0.2, 0) is 4.79 Å². The van der Waals surface area contributed by atoms with E-state index in [4.69, 9.17) is 0 Å². The Kier molecular flexibility index (Phi) is 4.37. The molecule has 0 aromatic carbocycles. The highest BCUT2D eigenvalue weighted by Crippen LogP contribution is 2.67. The zero-order valence-corrected chi connectivity index (χ0v) is 18.2. The molecular formula is C20H21N11O3. The van der Waals surface area contributed by atoms with E-state index in [1.54, 1.807) is 42.7 Å². The third-order valence-electron chi connectivity index (χ3n) is 6.81. The zero-order chi connectivity index (χ0) is 23.6. The number of carbonyl (C=O) groups is 1. The van der Waals surface area contributed by atoms with Crippen LogP contribution < -0.4 is 10.6 Å². The van der Waals surface area contributed by atoms with Gasteiger partial charge in [0, 0.05) is 32.4 Å². The van der Waals surface area contributed by atoms with Crippen molar-refractivity contribution in [3.8, 4) is 17.3 Å². The van der Waals surface area contributed by atoms with Crippen molar-refractivity contribution in [1.29, 1.82) is 0 Å². The van der Waals surface area contributed by atoms with Gasteiger partial charge in [0.15, 0.2) is 17.0 Å². The number of hydrogen-bond donors (Lipinski definition) is 4. The van der Waals surface area contributed by atoms with Crippen molar-refractivity contribution in [3.05, 3.63) is 31.1 Å². The molecule has 174 valence electrons. The average Bonchev–Trinajstić information content (AvgIpc) is 3.14. The molecule has 0 aliphatic heterocycles. The summed E-state index contributed by atoms with van der Waals surface area (Å²) in [5.74, 6) is 0.154. The Bertz CT molecular complexity index is 1400. The molecule has 4 aromatic heterocycles. The van der Waals surface area contributed by atoms with Crippen molar-refractivity contribution in [1.82, 2.24) is 49.8 Å². The maximum atomic E-state index is 12.5. The van der Waals surface area contributed by atoms with Crippen LogP contribution in [0, 0.1) is 11.3 Å². The molecule has 2 aliphatic rings. The number of aliphatic hydroxyl groups excluding tert-OH is 2. The fourth-order valence-corrected chi connectivity index (χ4v) is 5.10. The highest BCUT2D eigenvalue weighted by atomic mass is 16.3. The molecule has 14 heteroatoms. The molecule has 6 rings (SSSR count).